The number of carbonyl (C=O) groups excluding carboxylic acids is 1. The SMILES string of the molecule is CCC(C)(CCO)NC(=O)CCCCC(=O)O. The first-order valence-corrected chi connectivity index (χ1v) is 6.07. The topological polar surface area (TPSA) is 86.6 Å². The summed E-state index contributed by atoms with van der Waals surface area (Å²) < 4.78 is 0. The summed E-state index contributed by atoms with van der Waals surface area (Å²) in [4.78, 5) is 21.9. The molecule has 0 heterocycles. The van der Waals surface area contributed by atoms with Crippen molar-refractivity contribution in [1.29, 1.82) is 0 Å². The van der Waals surface area contributed by atoms with Gasteiger partial charge < -0.3 is 15.5 Å². The second-order valence-corrected chi connectivity index (χ2v) is 4.54. The number of aliphatic hydroxyl groups is 1. The molecule has 0 aliphatic heterocycles. The van der Waals surface area contributed by atoms with E-state index < -0.39 is 5.97 Å². The first-order chi connectivity index (χ1) is 7.93. The Morgan fingerprint density at radius 1 is 1.24 bits per heavy atom. The highest BCUT2D eigenvalue weighted by Crippen LogP contribution is 2.14. The Morgan fingerprint density at radius 2 is 1.82 bits per heavy atom. The molecule has 0 bridgehead atoms. The molecule has 0 aromatic heterocycles. The van der Waals surface area contributed by atoms with Gasteiger partial charge in [0.05, 0.1) is 0 Å². The first-order valence-electron chi connectivity index (χ1n) is 6.07. The van der Waals surface area contributed by atoms with E-state index in [0.717, 1.165) is 6.42 Å². The van der Waals surface area contributed by atoms with Crippen molar-refractivity contribution in [2.75, 3.05) is 6.61 Å². The zero-order valence-corrected chi connectivity index (χ0v) is 10.7. The predicted molar refractivity (Wildman–Crippen MR) is 64.6 cm³/mol. The van der Waals surface area contributed by atoms with Gasteiger partial charge in [0.2, 0.25) is 5.91 Å². The maximum Gasteiger partial charge on any atom is 0.303 e. The number of nitrogens with one attached hydrogen (secondary N) is 1. The standard InChI is InChI=1S/C12H23NO4/c1-3-12(2,8-9-14)13-10(15)6-4-5-7-11(16)17/h14H,3-9H2,1-2H3,(H,13,15)(H,16,17). The number of carbonyl (C=O) groups is 2. The third-order valence-electron chi connectivity index (χ3n) is 2.93. The second kappa shape index (κ2) is 8.06. The molecule has 0 aromatic rings. The smallest absolute Gasteiger partial charge is 0.303 e. The Hall–Kier alpha value is -1.10. The van der Waals surface area contributed by atoms with Crippen LogP contribution in [0.15, 0.2) is 0 Å². The van der Waals surface area contributed by atoms with Crippen molar-refractivity contribution in [2.24, 2.45) is 0 Å². The van der Waals surface area contributed by atoms with Crippen LogP contribution in [0.3, 0.4) is 0 Å². The lowest BCUT2D eigenvalue weighted by molar-refractivity contribution is -0.137. The molecule has 0 saturated heterocycles. The molecule has 0 aromatic carbocycles. The minimum absolute atomic E-state index is 0.0453. The van der Waals surface area contributed by atoms with Crippen molar-refractivity contribution in [3.63, 3.8) is 0 Å². The van der Waals surface area contributed by atoms with Crippen LogP contribution in [0.2, 0.25) is 0 Å². The summed E-state index contributed by atoms with van der Waals surface area (Å²) in [5, 5.41) is 20.2. The van der Waals surface area contributed by atoms with E-state index in [1.807, 2.05) is 13.8 Å². The van der Waals surface area contributed by atoms with E-state index in [2.05, 4.69) is 5.32 Å². The van der Waals surface area contributed by atoms with Crippen molar-refractivity contribution in [3.8, 4) is 0 Å². The third-order valence-corrected chi connectivity index (χ3v) is 2.93. The van der Waals surface area contributed by atoms with Gasteiger partial charge in [-0.3, -0.25) is 9.59 Å². The molecule has 17 heavy (non-hydrogen) atoms. The van der Waals surface area contributed by atoms with Crippen LogP contribution < -0.4 is 5.32 Å². The van der Waals surface area contributed by atoms with Crippen molar-refractivity contribution < 1.29 is 19.8 Å². The number of aliphatic hydroxyl groups excluding tert-OH is 1. The quantitative estimate of drug-likeness (QED) is 0.534. The van der Waals surface area contributed by atoms with E-state index >= 15 is 0 Å². The summed E-state index contributed by atoms with van der Waals surface area (Å²) in [6.45, 7) is 3.91. The summed E-state index contributed by atoms with van der Waals surface area (Å²) >= 11 is 0. The number of hydrogen-bond acceptors (Lipinski definition) is 3. The maximum absolute atomic E-state index is 11.6. The molecule has 1 amide bonds. The van der Waals surface area contributed by atoms with Crippen LogP contribution in [0.25, 0.3) is 0 Å². The molecule has 0 rings (SSSR count). The minimum Gasteiger partial charge on any atom is -0.481 e. The Labute approximate surface area is 102 Å². The van der Waals surface area contributed by atoms with E-state index in [1.54, 1.807) is 0 Å². The van der Waals surface area contributed by atoms with Crippen LogP contribution in [0.4, 0.5) is 0 Å². The highest BCUT2D eigenvalue weighted by molar-refractivity contribution is 5.76. The molecule has 0 fully saturated rings. The fraction of sp³-hybridized carbons (Fsp3) is 0.833. The van der Waals surface area contributed by atoms with Crippen LogP contribution in [0, 0.1) is 0 Å². The van der Waals surface area contributed by atoms with Gasteiger partial charge in [-0.15, -0.1) is 0 Å². The molecule has 1 unspecified atom stereocenters. The van der Waals surface area contributed by atoms with Gasteiger partial charge in [0.25, 0.3) is 0 Å². The van der Waals surface area contributed by atoms with Crippen LogP contribution in [-0.2, 0) is 9.59 Å². The van der Waals surface area contributed by atoms with Gasteiger partial charge in [-0.05, 0) is 32.6 Å². The number of carboxylic acid groups (broad SMARTS) is 1. The van der Waals surface area contributed by atoms with E-state index in [-0.39, 0.29) is 24.5 Å². The summed E-state index contributed by atoms with van der Waals surface area (Å²) in [5.74, 6) is -0.905. The zero-order chi connectivity index (χ0) is 13.3. The minimum atomic E-state index is -0.830. The van der Waals surface area contributed by atoms with Crippen LogP contribution in [-0.4, -0.2) is 34.2 Å². The van der Waals surface area contributed by atoms with Gasteiger partial charge in [-0.1, -0.05) is 6.92 Å². The van der Waals surface area contributed by atoms with Crippen LogP contribution in [0.5, 0.6) is 0 Å². The summed E-state index contributed by atoms with van der Waals surface area (Å²) in [5.41, 5.74) is -0.362. The average molecular weight is 245 g/mol. The molecule has 0 spiro atoms. The van der Waals surface area contributed by atoms with Crippen molar-refractivity contribution in [2.45, 2.75) is 57.9 Å². The van der Waals surface area contributed by atoms with Crippen LogP contribution in [0.1, 0.15) is 52.4 Å². The Bertz CT molecular complexity index is 255. The molecule has 0 aliphatic rings. The predicted octanol–water partition coefficient (Wildman–Crippen LogP) is 1.30. The normalized spacial score (nSPS) is 14.1. The number of hydrogen-bond donors (Lipinski definition) is 3. The lowest BCUT2D eigenvalue weighted by Gasteiger charge is -2.29. The van der Waals surface area contributed by atoms with Crippen molar-refractivity contribution in [3.05, 3.63) is 0 Å². The lowest BCUT2D eigenvalue weighted by atomic mass is 9.94. The van der Waals surface area contributed by atoms with E-state index in [9.17, 15) is 9.59 Å². The first kappa shape index (κ1) is 15.9. The number of aliphatic carboxylic acids is 1. The van der Waals surface area contributed by atoms with Crippen molar-refractivity contribution in [1.82, 2.24) is 5.32 Å². The molecule has 5 nitrogen and oxygen atoms in total. The molecule has 1 atom stereocenters. The molecule has 0 saturated carbocycles. The maximum atomic E-state index is 11.6. The molecule has 5 heteroatoms. The lowest BCUT2D eigenvalue weighted by Crippen LogP contribution is -2.46. The van der Waals surface area contributed by atoms with Gasteiger partial charge in [0, 0.05) is 25.0 Å². The number of carboxylic acids is 1. The van der Waals surface area contributed by atoms with Gasteiger partial charge in [0.15, 0.2) is 0 Å². The summed E-state index contributed by atoms with van der Waals surface area (Å²) in [6.07, 6.45) is 2.84. The highest BCUT2D eigenvalue weighted by Gasteiger charge is 2.23. The summed E-state index contributed by atoms with van der Waals surface area (Å²) in [6, 6.07) is 0. The van der Waals surface area contributed by atoms with E-state index in [0.29, 0.717) is 25.7 Å². The molecule has 0 radical (unpaired) electrons. The van der Waals surface area contributed by atoms with E-state index in [1.165, 1.54) is 0 Å². The van der Waals surface area contributed by atoms with Crippen LogP contribution >= 0.6 is 0 Å². The highest BCUT2D eigenvalue weighted by atomic mass is 16.4. The average Bonchev–Trinajstić information content (AvgIpc) is 2.24. The molecular formula is C12H23NO4. The molecular weight excluding hydrogens is 222 g/mol. The van der Waals surface area contributed by atoms with Gasteiger partial charge in [-0.25, -0.2) is 0 Å². The Balaban J connectivity index is 3.87. The summed E-state index contributed by atoms with van der Waals surface area (Å²) in [7, 11) is 0. The van der Waals surface area contributed by atoms with Gasteiger partial charge >= 0.3 is 5.97 Å². The molecule has 3 N–H and O–H groups in total. The number of amides is 1. The fourth-order valence-electron chi connectivity index (χ4n) is 1.54. The fourth-order valence-corrected chi connectivity index (χ4v) is 1.54. The molecule has 100 valence electrons. The second-order valence-electron chi connectivity index (χ2n) is 4.54. The molecule has 0 aliphatic carbocycles. The van der Waals surface area contributed by atoms with Gasteiger partial charge in [-0.2, -0.15) is 0 Å². The Morgan fingerprint density at radius 3 is 2.29 bits per heavy atom. The number of rotatable bonds is 9. The Kier molecular flexibility index (Phi) is 7.54. The van der Waals surface area contributed by atoms with Crippen molar-refractivity contribution >= 4 is 11.9 Å². The van der Waals surface area contributed by atoms with Gasteiger partial charge in [0.1, 0.15) is 0 Å². The largest absolute Gasteiger partial charge is 0.481 e. The zero-order valence-electron chi connectivity index (χ0n) is 10.7. The monoisotopic (exact) mass is 245 g/mol. The van der Waals surface area contributed by atoms with E-state index in [4.69, 9.17) is 10.2 Å². The third kappa shape index (κ3) is 7.74. The number of unbranched alkanes of at least 4 members (excludes halogenated alkanes) is 1.